The van der Waals surface area contributed by atoms with Crippen LogP contribution in [-0.2, 0) is 0 Å². The number of carboxylic acids is 1. The molecule has 0 fully saturated rings. The van der Waals surface area contributed by atoms with Crippen LogP contribution in [0.4, 0.5) is 5.69 Å². The molecule has 0 saturated heterocycles. The molecule has 3 N–H and O–H groups in total. The van der Waals surface area contributed by atoms with Gasteiger partial charge in [0.2, 0.25) is 0 Å². The van der Waals surface area contributed by atoms with Crippen molar-refractivity contribution in [2.75, 3.05) is 5.32 Å². The maximum absolute atomic E-state index is 11.9. The van der Waals surface area contributed by atoms with Crippen LogP contribution in [0.1, 0.15) is 20.7 Å². The van der Waals surface area contributed by atoms with Crippen molar-refractivity contribution < 1.29 is 14.7 Å². The van der Waals surface area contributed by atoms with Crippen LogP contribution in [-0.4, -0.2) is 22.0 Å². The number of hydrogen-bond donors (Lipinski definition) is 3. The molecule has 1 amide bonds. The van der Waals surface area contributed by atoms with E-state index in [-0.39, 0.29) is 21.8 Å². The molecule has 20 heavy (non-hydrogen) atoms. The molecule has 0 atom stereocenters. The summed E-state index contributed by atoms with van der Waals surface area (Å²) in [6.45, 7) is 0. The minimum atomic E-state index is -1.17. The predicted octanol–water partition coefficient (Wildman–Crippen LogP) is 1.98. The summed E-state index contributed by atoms with van der Waals surface area (Å²) < 4.78 is 0. The van der Waals surface area contributed by atoms with E-state index < -0.39 is 17.3 Å². The number of H-pyrrole nitrogens is 1. The number of rotatable bonds is 3. The summed E-state index contributed by atoms with van der Waals surface area (Å²) in [7, 11) is 0. The van der Waals surface area contributed by atoms with Crippen molar-refractivity contribution in [3.63, 3.8) is 0 Å². The van der Waals surface area contributed by atoms with Gasteiger partial charge < -0.3 is 15.4 Å². The molecular formula is C13H9ClN2O4. The molecule has 0 radical (unpaired) electrons. The van der Waals surface area contributed by atoms with E-state index >= 15 is 0 Å². The minimum Gasteiger partial charge on any atom is -0.478 e. The molecule has 0 aliphatic rings. The van der Waals surface area contributed by atoms with E-state index in [1.54, 1.807) is 0 Å². The van der Waals surface area contributed by atoms with Gasteiger partial charge in [-0.15, -0.1) is 0 Å². The first-order valence-corrected chi connectivity index (χ1v) is 5.87. The van der Waals surface area contributed by atoms with E-state index in [4.69, 9.17) is 16.7 Å². The molecule has 7 heteroatoms. The van der Waals surface area contributed by atoms with Gasteiger partial charge in [0, 0.05) is 29.2 Å². The van der Waals surface area contributed by atoms with Gasteiger partial charge in [0.1, 0.15) is 5.56 Å². The van der Waals surface area contributed by atoms with Gasteiger partial charge in [-0.05, 0) is 18.2 Å². The van der Waals surface area contributed by atoms with Gasteiger partial charge in [0.05, 0.1) is 5.56 Å². The number of carbonyl (C=O) groups is 2. The van der Waals surface area contributed by atoms with E-state index in [2.05, 4.69) is 10.3 Å². The van der Waals surface area contributed by atoms with Crippen LogP contribution < -0.4 is 10.7 Å². The number of carboxylic acid groups (broad SMARTS) is 1. The number of anilines is 1. The van der Waals surface area contributed by atoms with Crippen LogP contribution >= 0.6 is 11.6 Å². The number of hydrogen-bond acceptors (Lipinski definition) is 3. The Kier molecular flexibility index (Phi) is 3.86. The first-order valence-electron chi connectivity index (χ1n) is 5.50. The zero-order valence-corrected chi connectivity index (χ0v) is 10.8. The number of amides is 1. The Labute approximate surface area is 118 Å². The Balaban J connectivity index is 2.31. The summed E-state index contributed by atoms with van der Waals surface area (Å²) in [6.07, 6.45) is 2.67. The minimum absolute atomic E-state index is 0.0604. The second-order valence-electron chi connectivity index (χ2n) is 3.91. The maximum Gasteiger partial charge on any atom is 0.335 e. The second-order valence-corrected chi connectivity index (χ2v) is 4.35. The fourth-order valence-corrected chi connectivity index (χ4v) is 1.81. The third-order valence-electron chi connectivity index (χ3n) is 2.47. The molecule has 0 spiro atoms. The van der Waals surface area contributed by atoms with Gasteiger partial charge >= 0.3 is 5.97 Å². The fourth-order valence-electron chi connectivity index (χ4n) is 1.58. The first-order chi connectivity index (χ1) is 9.47. The number of pyridine rings is 1. The van der Waals surface area contributed by atoms with Gasteiger partial charge in [-0.25, -0.2) is 4.79 Å². The summed E-state index contributed by atoms with van der Waals surface area (Å²) in [5, 5.41) is 11.5. The number of halogens is 1. The maximum atomic E-state index is 11.9. The van der Waals surface area contributed by atoms with Crippen molar-refractivity contribution in [3.05, 3.63) is 63.0 Å². The molecule has 102 valence electrons. The van der Waals surface area contributed by atoms with Crippen molar-refractivity contribution in [1.29, 1.82) is 0 Å². The van der Waals surface area contributed by atoms with E-state index in [0.29, 0.717) is 0 Å². The van der Waals surface area contributed by atoms with Crippen LogP contribution in [0.15, 0.2) is 41.5 Å². The van der Waals surface area contributed by atoms with Crippen molar-refractivity contribution in [2.45, 2.75) is 0 Å². The summed E-state index contributed by atoms with van der Waals surface area (Å²) in [6, 6.07) is 5.12. The second kappa shape index (κ2) is 5.58. The highest BCUT2D eigenvalue weighted by atomic mass is 35.5. The molecule has 0 bridgehead atoms. The Morgan fingerprint density at radius 2 is 2.00 bits per heavy atom. The molecule has 2 aromatic rings. The zero-order valence-electron chi connectivity index (χ0n) is 10.0. The van der Waals surface area contributed by atoms with Crippen LogP contribution in [0.5, 0.6) is 0 Å². The third kappa shape index (κ3) is 3.04. The lowest BCUT2D eigenvalue weighted by atomic mass is 10.2. The average Bonchev–Trinajstić information content (AvgIpc) is 2.38. The number of aromatic nitrogens is 1. The van der Waals surface area contributed by atoms with Crippen LogP contribution in [0.25, 0.3) is 0 Å². The lowest BCUT2D eigenvalue weighted by Gasteiger charge is -2.06. The fraction of sp³-hybridized carbons (Fsp3) is 0. The van der Waals surface area contributed by atoms with Gasteiger partial charge in [-0.3, -0.25) is 9.59 Å². The number of nitrogens with one attached hydrogen (secondary N) is 2. The smallest absolute Gasteiger partial charge is 0.335 e. The highest BCUT2D eigenvalue weighted by Gasteiger charge is 2.12. The van der Waals surface area contributed by atoms with Crippen LogP contribution in [0, 0.1) is 0 Å². The van der Waals surface area contributed by atoms with E-state index in [1.165, 1.54) is 36.7 Å². The Morgan fingerprint density at radius 1 is 1.25 bits per heavy atom. The van der Waals surface area contributed by atoms with E-state index in [9.17, 15) is 14.4 Å². The van der Waals surface area contributed by atoms with E-state index in [0.717, 1.165) is 0 Å². The molecule has 1 aromatic carbocycles. The summed E-state index contributed by atoms with van der Waals surface area (Å²) >= 11 is 5.77. The van der Waals surface area contributed by atoms with Crippen LogP contribution in [0.2, 0.25) is 5.02 Å². The number of aromatic amines is 1. The lowest BCUT2D eigenvalue weighted by molar-refractivity contribution is 0.0696. The van der Waals surface area contributed by atoms with Gasteiger partial charge in [-0.1, -0.05) is 11.6 Å². The van der Waals surface area contributed by atoms with Crippen molar-refractivity contribution >= 4 is 29.2 Å². The largest absolute Gasteiger partial charge is 0.478 e. The number of benzene rings is 1. The van der Waals surface area contributed by atoms with Crippen LogP contribution in [0.3, 0.4) is 0 Å². The number of aromatic carboxylic acids is 1. The third-order valence-corrected chi connectivity index (χ3v) is 2.69. The summed E-state index contributed by atoms with van der Waals surface area (Å²) in [5.74, 6) is -1.81. The molecular weight excluding hydrogens is 284 g/mol. The average molecular weight is 293 g/mol. The van der Waals surface area contributed by atoms with Crippen molar-refractivity contribution in [2.24, 2.45) is 0 Å². The quantitative estimate of drug-likeness (QED) is 0.805. The Hall–Kier alpha value is -2.60. The summed E-state index contributed by atoms with van der Waals surface area (Å²) in [5.41, 5.74) is -0.385. The highest BCUT2D eigenvalue weighted by molar-refractivity contribution is 6.31. The molecule has 6 nitrogen and oxygen atoms in total. The monoisotopic (exact) mass is 292 g/mol. The van der Waals surface area contributed by atoms with Gasteiger partial charge in [0.15, 0.2) is 5.43 Å². The van der Waals surface area contributed by atoms with Gasteiger partial charge in [-0.2, -0.15) is 0 Å². The Bertz CT molecular complexity index is 739. The Morgan fingerprint density at radius 3 is 2.65 bits per heavy atom. The molecule has 0 unspecified atom stereocenters. The standard InChI is InChI=1S/C13H9ClN2O4/c14-8-3-7(13(19)20)4-9(5-8)16-12(18)10-6-15-2-1-11(10)17/h1-6H,(H,15,17)(H,16,18)(H,19,20). The predicted molar refractivity (Wildman–Crippen MR) is 73.4 cm³/mol. The van der Waals surface area contributed by atoms with Gasteiger partial charge in [0.25, 0.3) is 5.91 Å². The zero-order chi connectivity index (χ0) is 14.7. The first kappa shape index (κ1) is 13.8. The topological polar surface area (TPSA) is 99.3 Å². The number of carbonyl (C=O) groups excluding carboxylic acids is 1. The molecule has 1 heterocycles. The normalized spacial score (nSPS) is 10.1. The molecule has 1 aromatic heterocycles. The van der Waals surface area contributed by atoms with E-state index in [1.807, 2.05) is 0 Å². The summed E-state index contributed by atoms with van der Waals surface area (Å²) in [4.78, 5) is 36.9. The highest BCUT2D eigenvalue weighted by Crippen LogP contribution is 2.19. The molecule has 0 aliphatic carbocycles. The van der Waals surface area contributed by atoms with Crippen molar-refractivity contribution in [1.82, 2.24) is 4.98 Å². The molecule has 0 saturated carbocycles. The van der Waals surface area contributed by atoms with Crippen molar-refractivity contribution in [3.8, 4) is 0 Å². The molecule has 0 aliphatic heterocycles. The molecule has 2 rings (SSSR count). The lowest BCUT2D eigenvalue weighted by Crippen LogP contribution is -2.21. The SMILES string of the molecule is O=C(O)c1cc(Cl)cc(NC(=O)c2c[nH]ccc2=O)c1.